The van der Waals surface area contributed by atoms with E-state index in [2.05, 4.69) is 0 Å². The SMILES string of the molecule is CCOC(=O)C1CC1C(N)=O. The van der Waals surface area contributed by atoms with Crippen molar-refractivity contribution in [3.05, 3.63) is 0 Å². The van der Waals surface area contributed by atoms with Gasteiger partial charge >= 0.3 is 5.97 Å². The van der Waals surface area contributed by atoms with E-state index in [9.17, 15) is 9.59 Å². The van der Waals surface area contributed by atoms with Gasteiger partial charge in [-0.25, -0.2) is 0 Å². The molecule has 0 bridgehead atoms. The van der Waals surface area contributed by atoms with Gasteiger partial charge in [0.15, 0.2) is 0 Å². The number of hydrogen-bond donors (Lipinski definition) is 1. The summed E-state index contributed by atoms with van der Waals surface area (Å²) in [6.45, 7) is 2.10. The first-order valence-electron chi connectivity index (χ1n) is 3.62. The highest BCUT2D eigenvalue weighted by atomic mass is 16.5. The van der Waals surface area contributed by atoms with Crippen molar-refractivity contribution in [2.24, 2.45) is 17.6 Å². The van der Waals surface area contributed by atoms with Gasteiger partial charge in [0.25, 0.3) is 0 Å². The highest BCUT2D eigenvalue weighted by molar-refractivity contribution is 5.89. The van der Waals surface area contributed by atoms with Crippen molar-refractivity contribution in [2.45, 2.75) is 13.3 Å². The fourth-order valence-corrected chi connectivity index (χ4v) is 1.02. The van der Waals surface area contributed by atoms with Crippen molar-refractivity contribution in [1.29, 1.82) is 0 Å². The van der Waals surface area contributed by atoms with Gasteiger partial charge in [-0.05, 0) is 13.3 Å². The van der Waals surface area contributed by atoms with Crippen LogP contribution in [0.15, 0.2) is 0 Å². The Bertz CT molecular complexity index is 190. The number of amides is 1. The molecular weight excluding hydrogens is 146 g/mol. The zero-order chi connectivity index (χ0) is 8.43. The number of carbonyl (C=O) groups excluding carboxylic acids is 2. The van der Waals surface area contributed by atoms with Gasteiger partial charge in [-0.2, -0.15) is 0 Å². The lowest BCUT2D eigenvalue weighted by Crippen LogP contribution is -2.17. The number of esters is 1. The zero-order valence-corrected chi connectivity index (χ0v) is 6.37. The third-order valence-corrected chi connectivity index (χ3v) is 1.75. The van der Waals surface area contributed by atoms with Gasteiger partial charge in [0.2, 0.25) is 5.91 Å². The Balaban J connectivity index is 2.32. The summed E-state index contributed by atoms with van der Waals surface area (Å²) in [6.07, 6.45) is 0.564. The average molecular weight is 157 g/mol. The monoisotopic (exact) mass is 157 g/mol. The minimum absolute atomic E-state index is 0.257. The number of ether oxygens (including phenoxy) is 1. The molecule has 1 aliphatic rings. The quantitative estimate of drug-likeness (QED) is 0.570. The normalized spacial score (nSPS) is 27.7. The topological polar surface area (TPSA) is 69.4 Å². The molecule has 1 amide bonds. The van der Waals surface area contributed by atoms with Crippen LogP contribution in [-0.4, -0.2) is 18.5 Å². The fourth-order valence-electron chi connectivity index (χ4n) is 1.02. The molecular formula is C7H11NO3. The summed E-state index contributed by atoms with van der Waals surface area (Å²) < 4.78 is 4.70. The predicted octanol–water partition coefficient (Wildman–Crippen LogP) is -0.329. The molecule has 0 aromatic carbocycles. The van der Waals surface area contributed by atoms with Crippen molar-refractivity contribution in [3.8, 4) is 0 Å². The molecule has 4 heteroatoms. The van der Waals surface area contributed by atoms with Gasteiger partial charge in [-0.1, -0.05) is 0 Å². The second-order valence-electron chi connectivity index (χ2n) is 2.60. The summed E-state index contributed by atoms with van der Waals surface area (Å²) in [7, 11) is 0. The first kappa shape index (κ1) is 8.04. The first-order chi connectivity index (χ1) is 5.16. The highest BCUT2D eigenvalue weighted by Gasteiger charge is 2.48. The van der Waals surface area contributed by atoms with Crippen LogP contribution < -0.4 is 5.73 Å². The third kappa shape index (κ3) is 1.69. The first-order valence-corrected chi connectivity index (χ1v) is 3.62. The van der Waals surface area contributed by atoms with E-state index >= 15 is 0 Å². The number of primary amides is 1. The summed E-state index contributed by atoms with van der Waals surface area (Å²) >= 11 is 0. The molecule has 11 heavy (non-hydrogen) atoms. The second kappa shape index (κ2) is 2.90. The Morgan fingerprint density at radius 1 is 1.55 bits per heavy atom. The van der Waals surface area contributed by atoms with E-state index in [-0.39, 0.29) is 17.8 Å². The van der Waals surface area contributed by atoms with E-state index in [0.717, 1.165) is 0 Å². The summed E-state index contributed by atoms with van der Waals surface area (Å²) in [5.41, 5.74) is 4.98. The fraction of sp³-hybridized carbons (Fsp3) is 0.714. The van der Waals surface area contributed by atoms with Gasteiger partial charge in [0, 0.05) is 0 Å². The average Bonchev–Trinajstić information content (AvgIpc) is 2.65. The number of carbonyl (C=O) groups is 2. The molecule has 2 N–H and O–H groups in total. The van der Waals surface area contributed by atoms with E-state index in [1.54, 1.807) is 6.92 Å². The Morgan fingerprint density at radius 2 is 2.18 bits per heavy atom. The number of nitrogens with two attached hydrogens (primary N) is 1. The molecule has 4 nitrogen and oxygen atoms in total. The summed E-state index contributed by atoms with van der Waals surface area (Å²) in [6, 6.07) is 0. The van der Waals surface area contributed by atoms with Crippen LogP contribution in [0.2, 0.25) is 0 Å². The van der Waals surface area contributed by atoms with Crippen LogP contribution in [0, 0.1) is 11.8 Å². The molecule has 2 unspecified atom stereocenters. The lowest BCUT2D eigenvalue weighted by molar-refractivity contribution is -0.145. The van der Waals surface area contributed by atoms with Crippen molar-refractivity contribution in [1.82, 2.24) is 0 Å². The van der Waals surface area contributed by atoms with Crippen LogP contribution in [0.1, 0.15) is 13.3 Å². The second-order valence-corrected chi connectivity index (χ2v) is 2.60. The third-order valence-electron chi connectivity index (χ3n) is 1.75. The molecule has 1 fully saturated rings. The number of rotatable bonds is 3. The minimum Gasteiger partial charge on any atom is -0.466 e. The van der Waals surface area contributed by atoms with Crippen molar-refractivity contribution in [2.75, 3.05) is 6.61 Å². The molecule has 1 aliphatic carbocycles. The molecule has 0 aliphatic heterocycles. The smallest absolute Gasteiger partial charge is 0.309 e. The Morgan fingerprint density at radius 3 is 2.55 bits per heavy atom. The Hall–Kier alpha value is -1.06. The maximum Gasteiger partial charge on any atom is 0.309 e. The lowest BCUT2D eigenvalue weighted by atomic mass is 10.3. The summed E-state index contributed by atoms with van der Waals surface area (Å²) in [5.74, 6) is -1.22. The van der Waals surface area contributed by atoms with E-state index in [1.807, 2.05) is 0 Å². The molecule has 0 heterocycles. The summed E-state index contributed by atoms with van der Waals surface area (Å²) in [4.78, 5) is 21.4. The van der Waals surface area contributed by atoms with Crippen LogP contribution in [0.25, 0.3) is 0 Å². The van der Waals surface area contributed by atoms with Crippen molar-refractivity contribution >= 4 is 11.9 Å². The standard InChI is InChI=1S/C7H11NO3/c1-2-11-7(10)5-3-4(5)6(8)9/h4-5H,2-3H2,1H3,(H2,8,9). The van der Waals surface area contributed by atoms with Gasteiger partial charge in [-0.15, -0.1) is 0 Å². The maximum absolute atomic E-state index is 10.9. The molecule has 62 valence electrons. The molecule has 1 rings (SSSR count). The molecule has 1 saturated carbocycles. The van der Waals surface area contributed by atoms with E-state index in [1.165, 1.54) is 0 Å². The van der Waals surface area contributed by atoms with E-state index in [4.69, 9.17) is 10.5 Å². The molecule has 0 aromatic rings. The lowest BCUT2D eigenvalue weighted by Gasteiger charge is -1.97. The molecule has 0 radical (unpaired) electrons. The van der Waals surface area contributed by atoms with Gasteiger partial charge in [-0.3, -0.25) is 9.59 Å². The summed E-state index contributed by atoms with van der Waals surface area (Å²) in [5, 5.41) is 0. The maximum atomic E-state index is 10.9. The number of hydrogen-bond acceptors (Lipinski definition) is 3. The largest absolute Gasteiger partial charge is 0.466 e. The Kier molecular flexibility index (Phi) is 2.12. The van der Waals surface area contributed by atoms with Crippen LogP contribution in [0.5, 0.6) is 0 Å². The molecule has 0 saturated heterocycles. The minimum atomic E-state index is -0.400. The van der Waals surface area contributed by atoms with Crippen LogP contribution in [0.4, 0.5) is 0 Å². The van der Waals surface area contributed by atoms with Crippen LogP contribution >= 0.6 is 0 Å². The van der Waals surface area contributed by atoms with Crippen LogP contribution in [-0.2, 0) is 14.3 Å². The molecule has 0 aromatic heterocycles. The predicted molar refractivity (Wildman–Crippen MR) is 37.4 cm³/mol. The van der Waals surface area contributed by atoms with E-state index < -0.39 is 5.91 Å². The Labute approximate surface area is 64.7 Å². The van der Waals surface area contributed by atoms with Crippen molar-refractivity contribution in [3.63, 3.8) is 0 Å². The zero-order valence-electron chi connectivity index (χ0n) is 6.37. The van der Waals surface area contributed by atoms with E-state index in [0.29, 0.717) is 13.0 Å². The highest BCUT2D eigenvalue weighted by Crippen LogP contribution is 2.38. The van der Waals surface area contributed by atoms with Gasteiger partial charge < -0.3 is 10.5 Å². The van der Waals surface area contributed by atoms with Crippen molar-refractivity contribution < 1.29 is 14.3 Å². The van der Waals surface area contributed by atoms with Gasteiger partial charge in [0.1, 0.15) is 0 Å². The molecule has 0 spiro atoms. The van der Waals surface area contributed by atoms with Gasteiger partial charge in [0.05, 0.1) is 18.4 Å². The van der Waals surface area contributed by atoms with Crippen LogP contribution in [0.3, 0.4) is 0 Å². The molecule has 2 atom stereocenters.